The molecule has 0 bridgehead atoms. The van der Waals surface area contributed by atoms with Crippen LogP contribution in [-0.4, -0.2) is 90.2 Å². The zero-order valence-corrected chi connectivity index (χ0v) is 25.3. The standard InChI is InChI=1S/C29H31FN8O10/c1-26(2,40)27(41,42)35-12-16(23(30)34-35)21-19(13-7-8-17-14(9-13)10-32-38(17)29(46,47)48)20-22-18(11-31-24(20)33-21)37(28(43,44)45)25(39)36(22)15-5-3-4-6-15/h7-12,15,40-48H,3-6H2,1-2H3,(H,31,33). The molecule has 254 valence electrons. The molecule has 1 saturated carbocycles. The third kappa shape index (κ3) is 4.67. The lowest BCUT2D eigenvalue weighted by atomic mass is 9.98. The van der Waals surface area contributed by atoms with Gasteiger partial charge in [-0.05, 0) is 44.4 Å². The number of halogens is 1. The van der Waals surface area contributed by atoms with Gasteiger partial charge < -0.3 is 50.9 Å². The van der Waals surface area contributed by atoms with E-state index in [0.717, 1.165) is 39.1 Å². The van der Waals surface area contributed by atoms with E-state index in [1.165, 1.54) is 29.0 Å². The van der Waals surface area contributed by atoms with Crippen LogP contribution in [0.25, 0.3) is 55.4 Å². The first-order valence-electron chi connectivity index (χ1n) is 14.7. The highest BCUT2D eigenvalue weighted by molar-refractivity contribution is 6.14. The highest BCUT2D eigenvalue weighted by atomic mass is 19.1. The number of benzene rings is 1. The minimum atomic E-state index is -3.62. The number of hydrogen-bond acceptors (Lipinski definition) is 13. The molecule has 1 aliphatic carbocycles. The quantitative estimate of drug-likeness (QED) is 0.0940. The summed E-state index contributed by atoms with van der Waals surface area (Å²) < 4.78 is 18.4. The average molecular weight is 671 g/mol. The number of nitrogens with zero attached hydrogens (tertiary/aromatic N) is 7. The summed E-state index contributed by atoms with van der Waals surface area (Å²) in [6, 6.07) is 3.91. The summed E-state index contributed by atoms with van der Waals surface area (Å²) in [5.41, 5.74) is -3.05. The Morgan fingerprint density at radius 2 is 1.62 bits per heavy atom. The van der Waals surface area contributed by atoms with E-state index in [0.29, 0.717) is 26.8 Å². The lowest BCUT2D eigenvalue weighted by Gasteiger charge is -2.33. The van der Waals surface area contributed by atoms with Crippen LogP contribution < -0.4 is 5.69 Å². The Labute approximate surface area is 267 Å². The van der Waals surface area contributed by atoms with Crippen molar-refractivity contribution in [2.75, 3.05) is 0 Å². The molecule has 0 unspecified atom stereocenters. The Morgan fingerprint density at radius 3 is 2.25 bits per heavy atom. The second-order valence-corrected chi connectivity index (χ2v) is 12.5. The first-order valence-corrected chi connectivity index (χ1v) is 14.7. The molecule has 1 aromatic carbocycles. The molecule has 48 heavy (non-hydrogen) atoms. The van der Waals surface area contributed by atoms with Crippen LogP contribution in [0.4, 0.5) is 4.39 Å². The average Bonchev–Trinajstić information content (AvgIpc) is 3.78. The molecule has 0 atom stereocenters. The van der Waals surface area contributed by atoms with Crippen molar-refractivity contribution in [1.82, 2.24) is 38.7 Å². The summed E-state index contributed by atoms with van der Waals surface area (Å²) >= 11 is 0. The molecule has 0 spiro atoms. The monoisotopic (exact) mass is 670 g/mol. The Hall–Kier alpha value is -4.57. The summed E-state index contributed by atoms with van der Waals surface area (Å²) in [5, 5.41) is 99.6. The van der Waals surface area contributed by atoms with Crippen LogP contribution in [0.5, 0.6) is 0 Å². The molecule has 18 nitrogen and oxygen atoms in total. The maximum absolute atomic E-state index is 15.8. The molecule has 5 aromatic heterocycles. The van der Waals surface area contributed by atoms with E-state index < -0.39 is 41.4 Å². The normalized spacial score (nSPS) is 15.6. The van der Waals surface area contributed by atoms with Gasteiger partial charge in [-0.2, -0.15) is 14.2 Å². The van der Waals surface area contributed by atoms with Gasteiger partial charge >= 0.3 is 17.9 Å². The van der Waals surface area contributed by atoms with Crippen LogP contribution in [0.15, 0.2) is 41.6 Å². The van der Waals surface area contributed by atoms with Crippen LogP contribution in [-0.2, 0) is 18.1 Å². The minimum absolute atomic E-state index is 0.0470. The van der Waals surface area contributed by atoms with E-state index in [9.17, 15) is 50.8 Å². The van der Waals surface area contributed by atoms with Crippen LogP contribution in [0.1, 0.15) is 45.6 Å². The predicted octanol–water partition coefficient (Wildman–Crippen LogP) is -0.731. The molecule has 0 radical (unpaired) electrons. The van der Waals surface area contributed by atoms with Crippen molar-refractivity contribution in [2.45, 2.75) is 69.3 Å². The van der Waals surface area contributed by atoms with Gasteiger partial charge in [-0.1, -0.05) is 18.9 Å². The van der Waals surface area contributed by atoms with E-state index in [1.807, 2.05) is 0 Å². The zero-order valence-electron chi connectivity index (χ0n) is 25.3. The molecule has 5 heterocycles. The van der Waals surface area contributed by atoms with Crippen LogP contribution >= 0.6 is 0 Å². The summed E-state index contributed by atoms with van der Waals surface area (Å²) in [4.78, 5) is 21.1. The first kappa shape index (κ1) is 32.0. The molecular formula is C29H31FN8O10. The summed E-state index contributed by atoms with van der Waals surface area (Å²) in [5.74, 6) is -4.28. The minimum Gasteiger partial charge on any atom is -0.383 e. The fraction of sp³-hybridized carbons (Fsp3) is 0.379. The van der Waals surface area contributed by atoms with E-state index in [1.54, 1.807) is 0 Å². The maximum Gasteiger partial charge on any atom is 0.389 e. The maximum atomic E-state index is 15.8. The molecule has 1 aliphatic rings. The van der Waals surface area contributed by atoms with Crippen molar-refractivity contribution in [3.05, 3.63) is 53.2 Å². The Balaban J connectivity index is 1.61. The number of nitrogens with one attached hydrogen (secondary N) is 1. The smallest absolute Gasteiger partial charge is 0.383 e. The molecule has 10 N–H and O–H groups in total. The lowest BCUT2D eigenvalue weighted by molar-refractivity contribution is -0.378. The summed E-state index contributed by atoms with van der Waals surface area (Å²) in [6.07, 6.45) is -1.04. The number of H-pyrrole nitrogens is 1. The van der Waals surface area contributed by atoms with E-state index in [2.05, 4.69) is 20.2 Å². The van der Waals surface area contributed by atoms with Gasteiger partial charge in [-0.3, -0.25) is 4.57 Å². The van der Waals surface area contributed by atoms with Gasteiger partial charge in [-0.15, -0.1) is 5.10 Å². The number of aliphatic hydroxyl groups is 9. The number of fused-ring (bicyclic) bond motifs is 4. The van der Waals surface area contributed by atoms with Crippen LogP contribution in [0.3, 0.4) is 0 Å². The van der Waals surface area contributed by atoms with Crippen molar-refractivity contribution < 1.29 is 50.3 Å². The molecule has 0 amide bonds. The molecule has 7 rings (SSSR count). The number of imidazole rings is 1. The Bertz CT molecular complexity index is 2290. The Kier molecular flexibility index (Phi) is 6.81. The second kappa shape index (κ2) is 10.2. The van der Waals surface area contributed by atoms with Crippen LogP contribution in [0, 0.1) is 5.95 Å². The highest BCUT2D eigenvalue weighted by Crippen LogP contribution is 2.44. The number of pyridine rings is 1. The van der Waals surface area contributed by atoms with E-state index >= 15 is 4.39 Å². The number of hydrogen-bond donors (Lipinski definition) is 10. The van der Waals surface area contributed by atoms with Gasteiger partial charge in [-0.25, -0.2) is 19.0 Å². The van der Waals surface area contributed by atoms with Crippen molar-refractivity contribution >= 4 is 33.0 Å². The van der Waals surface area contributed by atoms with Crippen molar-refractivity contribution in [1.29, 1.82) is 0 Å². The van der Waals surface area contributed by atoms with E-state index in [4.69, 9.17) is 0 Å². The molecular weight excluding hydrogens is 639 g/mol. The number of aromatic nitrogens is 8. The molecule has 19 heteroatoms. The predicted molar refractivity (Wildman–Crippen MR) is 161 cm³/mol. The van der Waals surface area contributed by atoms with Crippen molar-refractivity contribution in [3.8, 4) is 22.4 Å². The van der Waals surface area contributed by atoms with Gasteiger partial charge in [0.1, 0.15) is 11.2 Å². The highest BCUT2D eigenvalue weighted by Gasteiger charge is 2.44. The van der Waals surface area contributed by atoms with Gasteiger partial charge in [0.05, 0.1) is 45.6 Å². The topological polar surface area (TPSA) is 273 Å². The van der Waals surface area contributed by atoms with Gasteiger partial charge in [0.15, 0.2) is 0 Å². The third-order valence-electron chi connectivity index (χ3n) is 8.86. The van der Waals surface area contributed by atoms with Gasteiger partial charge in [0, 0.05) is 23.2 Å². The molecule has 6 aromatic rings. The fourth-order valence-electron chi connectivity index (χ4n) is 6.51. The second-order valence-electron chi connectivity index (χ2n) is 12.5. The Morgan fingerprint density at radius 1 is 0.938 bits per heavy atom. The molecule has 1 fully saturated rings. The number of aromatic amines is 1. The first-order chi connectivity index (χ1) is 22.3. The van der Waals surface area contributed by atoms with Crippen molar-refractivity contribution in [2.24, 2.45) is 0 Å². The summed E-state index contributed by atoms with van der Waals surface area (Å²) in [7, 11) is 0. The van der Waals surface area contributed by atoms with Gasteiger partial charge in [0.2, 0.25) is 5.95 Å². The zero-order chi connectivity index (χ0) is 34.7. The molecule has 0 aliphatic heterocycles. The molecule has 0 saturated heterocycles. The van der Waals surface area contributed by atoms with E-state index in [-0.39, 0.29) is 55.4 Å². The third-order valence-corrected chi connectivity index (χ3v) is 8.86. The largest absolute Gasteiger partial charge is 0.389 e. The SMILES string of the molecule is CC(C)(O)C(O)(O)n1cc(-c2[nH]c3ncc4c(c3c2-c2ccc3c(cnn3C(O)(O)O)c2)n(C2CCCC2)c(=O)n4C(O)(O)O)c(F)n1. The lowest BCUT2D eigenvalue weighted by Crippen LogP contribution is -2.52. The van der Waals surface area contributed by atoms with Crippen molar-refractivity contribution in [3.63, 3.8) is 0 Å². The van der Waals surface area contributed by atoms with Gasteiger partial charge in [0.25, 0.3) is 5.91 Å². The number of rotatable bonds is 7. The van der Waals surface area contributed by atoms with Crippen LogP contribution in [0.2, 0.25) is 0 Å². The fourth-order valence-corrected chi connectivity index (χ4v) is 6.51. The summed E-state index contributed by atoms with van der Waals surface area (Å²) in [6.45, 7) is 2.15.